The first-order valence-corrected chi connectivity index (χ1v) is 7.80. The van der Waals surface area contributed by atoms with Crippen molar-refractivity contribution in [2.75, 3.05) is 5.32 Å². The smallest absolute Gasteiger partial charge is 0.339 e. The van der Waals surface area contributed by atoms with Crippen molar-refractivity contribution in [2.24, 2.45) is 0 Å². The van der Waals surface area contributed by atoms with Gasteiger partial charge in [-0.15, -0.1) is 0 Å². The summed E-state index contributed by atoms with van der Waals surface area (Å²) in [6, 6.07) is 18.5. The van der Waals surface area contributed by atoms with E-state index in [1.165, 1.54) is 25.1 Å². The Morgan fingerprint density at radius 2 is 1.64 bits per heavy atom. The largest absolute Gasteiger partial charge is 0.449 e. The summed E-state index contributed by atoms with van der Waals surface area (Å²) in [4.78, 5) is 24.6. The fraction of sp³-hybridized carbons (Fsp3) is 0.100. The lowest BCUT2D eigenvalue weighted by Gasteiger charge is -2.14. The average molecular weight is 337 g/mol. The van der Waals surface area contributed by atoms with Gasteiger partial charge in [0.05, 0.1) is 11.3 Å². The summed E-state index contributed by atoms with van der Waals surface area (Å²) < 4.78 is 18.8. The van der Waals surface area contributed by atoms with E-state index in [1.807, 2.05) is 30.3 Å². The van der Waals surface area contributed by atoms with Crippen molar-refractivity contribution in [2.45, 2.75) is 13.0 Å². The van der Waals surface area contributed by atoms with Gasteiger partial charge in [0.15, 0.2) is 6.10 Å². The van der Waals surface area contributed by atoms with Crippen LogP contribution in [-0.2, 0) is 9.53 Å². The first-order chi connectivity index (χ1) is 12.1. The monoisotopic (exact) mass is 337 g/mol. The Labute approximate surface area is 144 Å². The van der Waals surface area contributed by atoms with Gasteiger partial charge in [0.2, 0.25) is 0 Å². The van der Waals surface area contributed by atoms with Crippen LogP contribution < -0.4 is 5.32 Å². The molecule has 0 aromatic heterocycles. The standard InChI is InChI=1S/C20H16FNO3/c1-13(19(23)22-18-12-5-4-11-17(18)21)25-20(24)16-10-6-8-14-7-2-3-9-15(14)16/h2-13H,1H3,(H,22,23)/t13-/m1/s1. The van der Waals surface area contributed by atoms with Gasteiger partial charge in [-0.25, -0.2) is 9.18 Å². The van der Waals surface area contributed by atoms with Crippen LogP contribution in [0.5, 0.6) is 0 Å². The van der Waals surface area contributed by atoms with Gasteiger partial charge < -0.3 is 10.1 Å². The van der Waals surface area contributed by atoms with Gasteiger partial charge in [0.25, 0.3) is 5.91 Å². The van der Waals surface area contributed by atoms with Crippen molar-refractivity contribution in [3.8, 4) is 0 Å². The molecule has 3 rings (SSSR count). The number of hydrogen-bond acceptors (Lipinski definition) is 3. The summed E-state index contributed by atoms with van der Waals surface area (Å²) in [5, 5.41) is 4.06. The third-order valence-corrected chi connectivity index (χ3v) is 3.79. The van der Waals surface area contributed by atoms with Crippen LogP contribution in [0.1, 0.15) is 17.3 Å². The molecule has 0 unspecified atom stereocenters. The Bertz CT molecular complexity index is 934. The highest BCUT2D eigenvalue weighted by Crippen LogP contribution is 2.20. The number of para-hydroxylation sites is 1. The van der Waals surface area contributed by atoms with E-state index in [-0.39, 0.29) is 5.69 Å². The molecule has 0 fully saturated rings. The van der Waals surface area contributed by atoms with Crippen LogP contribution in [-0.4, -0.2) is 18.0 Å². The van der Waals surface area contributed by atoms with Crippen LogP contribution in [0, 0.1) is 5.82 Å². The summed E-state index contributed by atoms with van der Waals surface area (Å²) in [6.45, 7) is 1.44. The Balaban J connectivity index is 1.74. The van der Waals surface area contributed by atoms with Crippen molar-refractivity contribution < 1.29 is 18.7 Å². The molecule has 0 spiro atoms. The summed E-state index contributed by atoms with van der Waals surface area (Å²) in [5.74, 6) is -1.75. The predicted octanol–water partition coefficient (Wildman–Crippen LogP) is 4.16. The maximum Gasteiger partial charge on any atom is 0.339 e. The molecule has 4 nitrogen and oxygen atoms in total. The van der Waals surface area contributed by atoms with Crippen LogP contribution >= 0.6 is 0 Å². The van der Waals surface area contributed by atoms with Crippen molar-refractivity contribution in [3.63, 3.8) is 0 Å². The predicted molar refractivity (Wildman–Crippen MR) is 93.9 cm³/mol. The topological polar surface area (TPSA) is 55.4 Å². The number of ether oxygens (including phenoxy) is 1. The van der Waals surface area contributed by atoms with Crippen molar-refractivity contribution >= 4 is 28.3 Å². The van der Waals surface area contributed by atoms with Gasteiger partial charge in [-0.2, -0.15) is 0 Å². The van der Waals surface area contributed by atoms with Crippen molar-refractivity contribution in [1.82, 2.24) is 0 Å². The summed E-state index contributed by atoms with van der Waals surface area (Å²) in [5.41, 5.74) is 0.421. The highest BCUT2D eigenvalue weighted by Gasteiger charge is 2.21. The molecule has 0 saturated carbocycles. The number of carbonyl (C=O) groups excluding carboxylic acids is 2. The summed E-state index contributed by atoms with van der Waals surface area (Å²) >= 11 is 0. The van der Waals surface area contributed by atoms with E-state index >= 15 is 0 Å². The zero-order chi connectivity index (χ0) is 17.8. The van der Waals surface area contributed by atoms with Crippen LogP contribution in [0.2, 0.25) is 0 Å². The second-order valence-electron chi connectivity index (χ2n) is 5.54. The maximum atomic E-state index is 13.6. The lowest BCUT2D eigenvalue weighted by atomic mass is 10.0. The van der Waals surface area contributed by atoms with Crippen LogP contribution in [0.25, 0.3) is 10.8 Å². The molecule has 1 amide bonds. The van der Waals surface area contributed by atoms with Gasteiger partial charge in [0, 0.05) is 0 Å². The van der Waals surface area contributed by atoms with Crippen LogP contribution in [0.3, 0.4) is 0 Å². The number of carbonyl (C=O) groups is 2. The molecule has 0 saturated heterocycles. The summed E-state index contributed by atoms with van der Waals surface area (Å²) in [6.07, 6.45) is -1.06. The quantitative estimate of drug-likeness (QED) is 0.727. The molecule has 25 heavy (non-hydrogen) atoms. The maximum absolute atomic E-state index is 13.6. The number of anilines is 1. The molecule has 126 valence electrons. The molecule has 0 aliphatic heterocycles. The Kier molecular flexibility index (Phi) is 4.75. The number of hydrogen-bond donors (Lipinski definition) is 1. The minimum atomic E-state index is -1.06. The normalized spacial score (nSPS) is 11.8. The number of nitrogens with one attached hydrogen (secondary N) is 1. The van der Waals surface area contributed by atoms with E-state index in [0.717, 1.165) is 10.8 Å². The minimum absolute atomic E-state index is 0.0422. The van der Waals surface area contributed by atoms with E-state index in [9.17, 15) is 14.0 Å². The highest BCUT2D eigenvalue weighted by molar-refractivity contribution is 6.05. The Morgan fingerprint density at radius 1 is 0.960 bits per heavy atom. The minimum Gasteiger partial charge on any atom is -0.449 e. The second-order valence-corrected chi connectivity index (χ2v) is 5.54. The highest BCUT2D eigenvalue weighted by atomic mass is 19.1. The molecule has 3 aromatic carbocycles. The lowest BCUT2D eigenvalue weighted by molar-refractivity contribution is -0.123. The van der Waals surface area contributed by atoms with E-state index in [2.05, 4.69) is 5.32 Å². The fourth-order valence-corrected chi connectivity index (χ4v) is 2.48. The molecule has 1 atom stereocenters. The zero-order valence-electron chi connectivity index (χ0n) is 13.5. The van der Waals surface area contributed by atoms with E-state index in [1.54, 1.807) is 18.2 Å². The number of benzene rings is 3. The Hall–Kier alpha value is -3.21. The van der Waals surface area contributed by atoms with Gasteiger partial charge in [-0.05, 0) is 35.9 Å². The molecule has 3 aromatic rings. The third-order valence-electron chi connectivity index (χ3n) is 3.79. The lowest BCUT2D eigenvalue weighted by Crippen LogP contribution is -2.30. The van der Waals surface area contributed by atoms with E-state index in [0.29, 0.717) is 5.56 Å². The Morgan fingerprint density at radius 3 is 2.44 bits per heavy atom. The molecule has 1 N–H and O–H groups in total. The number of halogens is 1. The van der Waals surface area contributed by atoms with Gasteiger partial charge >= 0.3 is 5.97 Å². The number of esters is 1. The zero-order valence-corrected chi connectivity index (χ0v) is 13.5. The molecule has 0 aliphatic rings. The molecular weight excluding hydrogens is 321 g/mol. The second kappa shape index (κ2) is 7.13. The SMILES string of the molecule is C[C@@H](OC(=O)c1cccc2ccccc12)C(=O)Nc1ccccc1F. The van der Waals surface area contributed by atoms with Gasteiger partial charge in [0.1, 0.15) is 5.82 Å². The van der Waals surface area contributed by atoms with Crippen LogP contribution in [0.4, 0.5) is 10.1 Å². The van der Waals surface area contributed by atoms with Crippen molar-refractivity contribution in [1.29, 1.82) is 0 Å². The molecular formula is C20H16FNO3. The first-order valence-electron chi connectivity index (χ1n) is 7.80. The third kappa shape index (κ3) is 3.66. The molecule has 0 radical (unpaired) electrons. The fourth-order valence-electron chi connectivity index (χ4n) is 2.48. The number of rotatable bonds is 4. The first kappa shape index (κ1) is 16.6. The molecule has 0 heterocycles. The molecule has 0 bridgehead atoms. The molecule has 5 heteroatoms. The van der Waals surface area contributed by atoms with E-state index < -0.39 is 23.8 Å². The number of amides is 1. The molecule has 0 aliphatic carbocycles. The average Bonchev–Trinajstić information content (AvgIpc) is 2.63. The van der Waals surface area contributed by atoms with E-state index in [4.69, 9.17) is 4.74 Å². The number of fused-ring (bicyclic) bond motifs is 1. The van der Waals surface area contributed by atoms with Gasteiger partial charge in [-0.1, -0.05) is 48.5 Å². The van der Waals surface area contributed by atoms with Crippen molar-refractivity contribution in [3.05, 3.63) is 78.1 Å². The van der Waals surface area contributed by atoms with Crippen LogP contribution in [0.15, 0.2) is 66.7 Å². The van der Waals surface area contributed by atoms with Gasteiger partial charge in [-0.3, -0.25) is 4.79 Å². The summed E-state index contributed by atoms with van der Waals surface area (Å²) in [7, 11) is 0.